The molecule has 1 unspecified atom stereocenters. The van der Waals surface area contributed by atoms with Crippen LogP contribution in [-0.4, -0.2) is 55.1 Å². The Balaban J connectivity index is 1.92. The molecule has 106 valence electrons. The molecule has 1 atom stereocenters. The fraction of sp³-hybridized carbons (Fsp3) is 0.714. The highest BCUT2D eigenvalue weighted by molar-refractivity contribution is 5.35. The van der Waals surface area contributed by atoms with E-state index in [1.807, 2.05) is 12.4 Å². The Kier molecular flexibility index (Phi) is 5.10. The normalized spacial score (nSPS) is 19.8. The maximum Gasteiger partial charge on any atom is 0.147 e. The van der Waals surface area contributed by atoms with E-state index in [0.29, 0.717) is 0 Å². The summed E-state index contributed by atoms with van der Waals surface area (Å²) in [5.74, 6) is 1.72. The lowest BCUT2D eigenvalue weighted by molar-refractivity contribution is 0.395. The Morgan fingerprint density at radius 2 is 2.32 bits per heavy atom. The molecule has 1 aliphatic heterocycles. The number of rotatable bonds is 6. The first kappa shape index (κ1) is 14.2. The Morgan fingerprint density at radius 3 is 3.00 bits per heavy atom. The van der Waals surface area contributed by atoms with Crippen molar-refractivity contribution in [1.29, 1.82) is 0 Å². The summed E-state index contributed by atoms with van der Waals surface area (Å²) >= 11 is 0. The molecular weight excluding hydrogens is 238 g/mol. The van der Waals surface area contributed by atoms with Gasteiger partial charge in [0.25, 0.3) is 0 Å². The summed E-state index contributed by atoms with van der Waals surface area (Å²) in [7, 11) is 4.30. The van der Waals surface area contributed by atoms with Crippen molar-refractivity contribution in [2.45, 2.75) is 19.9 Å². The lowest BCUT2D eigenvalue weighted by Gasteiger charge is -2.22. The molecule has 19 heavy (non-hydrogen) atoms. The first-order valence-corrected chi connectivity index (χ1v) is 7.10. The molecule has 0 saturated carbocycles. The van der Waals surface area contributed by atoms with Crippen molar-refractivity contribution < 1.29 is 0 Å². The zero-order valence-electron chi connectivity index (χ0n) is 12.3. The Labute approximate surface area is 116 Å². The molecule has 1 aliphatic rings. The van der Waals surface area contributed by atoms with Crippen molar-refractivity contribution in [2.75, 3.05) is 45.2 Å². The van der Waals surface area contributed by atoms with Gasteiger partial charge in [-0.25, -0.2) is 4.98 Å². The van der Waals surface area contributed by atoms with Crippen LogP contribution in [0.2, 0.25) is 0 Å². The van der Waals surface area contributed by atoms with E-state index in [9.17, 15) is 0 Å². The van der Waals surface area contributed by atoms with Crippen molar-refractivity contribution in [2.24, 2.45) is 5.92 Å². The predicted molar refractivity (Wildman–Crippen MR) is 78.3 cm³/mol. The first-order chi connectivity index (χ1) is 9.19. The SMILES string of the molecule is CCNCc1cncc(N(C)CC2CCN(C)C2)n1. The van der Waals surface area contributed by atoms with Gasteiger partial charge in [0.1, 0.15) is 5.82 Å². The van der Waals surface area contributed by atoms with E-state index < -0.39 is 0 Å². The second-order valence-electron chi connectivity index (χ2n) is 5.45. The summed E-state index contributed by atoms with van der Waals surface area (Å²) in [5.41, 5.74) is 1.01. The monoisotopic (exact) mass is 263 g/mol. The quantitative estimate of drug-likeness (QED) is 0.828. The van der Waals surface area contributed by atoms with Crippen LogP contribution in [0.4, 0.5) is 5.82 Å². The molecule has 0 aromatic carbocycles. The Hall–Kier alpha value is -1.20. The van der Waals surface area contributed by atoms with E-state index in [1.54, 1.807) is 0 Å². The predicted octanol–water partition coefficient (Wildman–Crippen LogP) is 0.974. The lowest BCUT2D eigenvalue weighted by atomic mass is 10.1. The standard InChI is InChI=1S/C14H25N5/c1-4-15-7-13-8-16-9-14(17-13)19(3)11-12-5-6-18(2)10-12/h8-9,12,15H,4-7,10-11H2,1-3H3. The summed E-state index contributed by atoms with van der Waals surface area (Å²) in [6.07, 6.45) is 4.98. The zero-order chi connectivity index (χ0) is 13.7. The van der Waals surface area contributed by atoms with Gasteiger partial charge in [0.2, 0.25) is 0 Å². The van der Waals surface area contributed by atoms with Gasteiger partial charge in [0, 0.05) is 32.9 Å². The van der Waals surface area contributed by atoms with E-state index in [-0.39, 0.29) is 0 Å². The summed E-state index contributed by atoms with van der Waals surface area (Å²) in [4.78, 5) is 13.6. The van der Waals surface area contributed by atoms with Gasteiger partial charge in [-0.1, -0.05) is 6.92 Å². The van der Waals surface area contributed by atoms with Gasteiger partial charge >= 0.3 is 0 Å². The molecular formula is C14H25N5. The van der Waals surface area contributed by atoms with E-state index >= 15 is 0 Å². The van der Waals surface area contributed by atoms with E-state index in [1.165, 1.54) is 19.5 Å². The second kappa shape index (κ2) is 6.82. The summed E-state index contributed by atoms with van der Waals surface area (Å²) < 4.78 is 0. The van der Waals surface area contributed by atoms with Crippen LogP contribution in [0.1, 0.15) is 19.0 Å². The van der Waals surface area contributed by atoms with Crippen molar-refractivity contribution in [1.82, 2.24) is 20.2 Å². The summed E-state index contributed by atoms with van der Waals surface area (Å²) in [6, 6.07) is 0. The van der Waals surface area contributed by atoms with Crippen LogP contribution in [0.3, 0.4) is 0 Å². The minimum atomic E-state index is 0.745. The number of nitrogens with one attached hydrogen (secondary N) is 1. The van der Waals surface area contributed by atoms with Crippen LogP contribution in [-0.2, 0) is 6.54 Å². The molecule has 1 aromatic rings. The smallest absolute Gasteiger partial charge is 0.147 e. The van der Waals surface area contributed by atoms with Crippen LogP contribution in [0.5, 0.6) is 0 Å². The Morgan fingerprint density at radius 1 is 1.47 bits per heavy atom. The Bertz CT molecular complexity index is 395. The lowest BCUT2D eigenvalue weighted by Crippen LogP contribution is -2.28. The minimum Gasteiger partial charge on any atom is -0.358 e. The highest BCUT2D eigenvalue weighted by atomic mass is 15.2. The van der Waals surface area contributed by atoms with Crippen molar-refractivity contribution in [3.8, 4) is 0 Å². The van der Waals surface area contributed by atoms with Crippen molar-refractivity contribution in [3.05, 3.63) is 18.1 Å². The second-order valence-corrected chi connectivity index (χ2v) is 5.45. The molecule has 0 amide bonds. The summed E-state index contributed by atoms with van der Waals surface area (Å²) in [5, 5.41) is 3.28. The number of hydrogen-bond acceptors (Lipinski definition) is 5. The van der Waals surface area contributed by atoms with E-state index in [2.05, 4.69) is 46.1 Å². The average Bonchev–Trinajstić information content (AvgIpc) is 2.82. The molecule has 0 spiro atoms. The van der Waals surface area contributed by atoms with Gasteiger partial charge in [-0.2, -0.15) is 0 Å². The molecule has 1 N–H and O–H groups in total. The molecule has 0 radical (unpaired) electrons. The van der Waals surface area contributed by atoms with Crippen LogP contribution in [0.25, 0.3) is 0 Å². The van der Waals surface area contributed by atoms with Crippen LogP contribution >= 0.6 is 0 Å². The third-order valence-electron chi connectivity index (χ3n) is 3.64. The fourth-order valence-electron chi connectivity index (χ4n) is 2.57. The third-order valence-corrected chi connectivity index (χ3v) is 3.64. The first-order valence-electron chi connectivity index (χ1n) is 7.10. The van der Waals surface area contributed by atoms with Gasteiger partial charge in [-0.3, -0.25) is 4.98 Å². The summed E-state index contributed by atoms with van der Waals surface area (Å²) in [6.45, 7) is 7.30. The zero-order valence-corrected chi connectivity index (χ0v) is 12.3. The number of hydrogen-bond donors (Lipinski definition) is 1. The van der Waals surface area contributed by atoms with Gasteiger partial charge in [-0.05, 0) is 32.5 Å². The van der Waals surface area contributed by atoms with Crippen molar-refractivity contribution in [3.63, 3.8) is 0 Å². The number of nitrogens with zero attached hydrogens (tertiary/aromatic N) is 4. The molecule has 5 nitrogen and oxygen atoms in total. The van der Waals surface area contributed by atoms with Gasteiger partial charge < -0.3 is 15.1 Å². The molecule has 5 heteroatoms. The fourth-order valence-corrected chi connectivity index (χ4v) is 2.57. The maximum atomic E-state index is 4.66. The molecule has 2 rings (SSSR count). The van der Waals surface area contributed by atoms with Gasteiger partial charge in [0.05, 0.1) is 11.9 Å². The minimum absolute atomic E-state index is 0.745. The molecule has 1 fully saturated rings. The van der Waals surface area contributed by atoms with Crippen LogP contribution in [0, 0.1) is 5.92 Å². The largest absolute Gasteiger partial charge is 0.358 e. The highest BCUT2D eigenvalue weighted by Crippen LogP contribution is 2.17. The van der Waals surface area contributed by atoms with Crippen LogP contribution in [0.15, 0.2) is 12.4 Å². The molecule has 1 saturated heterocycles. The van der Waals surface area contributed by atoms with Gasteiger partial charge in [-0.15, -0.1) is 0 Å². The average molecular weight is 263 g/mol. The molecule has 0 bridgehead atoms. The van der Waals surface area contributed by atoms with Gasteiger partial charge in [0.15, 0.2) is 0 Å². The number of aromatic nitrogens is 2. The topological polar surface area (TPSA) is 44.3 Å². The van der Waals surface area contributed by atoms with E-state index in [0.717, 1.165) is 37.1 Å². The maximum absolute atomic E-state index is 4.66. The number of likely N-dealkylation sites (tertiary alicyclic amines) is 1. The third kappa shape index (κ3) is 4.14. The molecule has 0 aliphatic carbocycles. The molecule has 1 aromatic heterocycles. The highest BCUT2D eigenvalue weighted by Gasteiger charge is 2.21. The molecule has 2 heterocycles. The van der Waals surface area contributed by atoms with Crippen molar-refractivity contribution >= 4 is 5.82 Å². The van der Waals surface area contributed by atoms with E-state index in [4.69, 9.17) is 0 Å². The number of anilines is 1. The van der Waals surface area contributed by atoms with Crippen LogP contribution < -0.4 is 10.2 Å².